The van der Waals surface area contributed by atoms with Gasteiger partial charge in [0.2, 0.25) is 11.1 Å². The maximum absolute atomic E-state index is 12.5. The van der Waals surface area contributed by atoms with E-state index in [0.29, 0.717) is 10.4 Å². The van der Waals surface area contributed by atoms with Crippen molar-refractivity contribution in [2.75, 3.05) is 5.84 Å². The minimum absolute atomic E-state index is 0.180. The second-order valence-corrected chi connectivity index (χ2v) is 5.54. The van der Waals surface area contributed by atoms with E-state index in [1.165, 1.54) is 13.2 Å². The van der Waals surface area contributed by atoms with Crippen LogP contribution in [0, 0.1) is 0 Å². The molecule has 11 heteroatoms. The molecule has 0 saturated heterocycles. The Balaban J connectivity index is 1.95. The van der Waals surface area contributed by atoms with Gasteiger partial charge in [0.25, 0.3) is 5.82 Å². The fraction of sp³-hybridized carbons (Fsp3) is 0.364. The molecule has 0 aromatic carbocycles. The van der Waals surface area contributed by atoms with E-state index >= 15 is 0 Å². The zero-order valence-electron chi connectivity index (χ0n) is 11.3. The Morgan fingerprint density at radius 1 is 1.55 bits per heavy atom. The lowest BCUT2D eigenvalue weighted by Gasteiger charge is -2.11. The lowest BCUT2D eigenvalue weighted by molar-refractivity contribution is -0.146. The summed E-state index contributed by atoms with van der Waals surface area (Å²) >= 11 is 0.774. The highest BCUT2D eigenvalue weighted by atomic mass is 32.2. The summed E-state index contributed by atoms with van der Waals surface area (Å²) in [6, 6.07) is 3.36. The van der Waals surface area contributed by atoms with E-state index in [1.54, 1.807) is 12.1 Å². The van der Waals surface area contributed by atoms with Gasteiger partial charge in [0.1, 0.15) is 5.76 Å². The van der Waals surface area contributed by atoms with Crippen molar-refractivity contribution in [2.45, 2.75) is 30.1 Å². The molecule has 2 rings (SSSR count). The molecule has 0 fully saturated rings. The number of thioether (sulfide) groups is 1. The van der Waals surface area contributed by atoms with E-state index < -0.39 is 23.2 Å². The molecule has 22 heavy (non-hydrogen) atoms. The number of alkyl halides is 3. The first kappa shape index (κ1) is 16.2. The van der Waals surface area contributed by atoms with Crippen molar-refractivity contribution in [3.05, 3.63) is 30.0 Å². The number of carbonyl (C=O) groups is 1. The van der Waals surface area contributed by atoms with E-state index in [0.717, 1.165) is 11.8 Å². The minimum atomic E-state index is -4.70. The molecule has 0 bridgehead atoms. The number of furan rings is 1. The van der Waals surface area contributed by atoms with Crippen LogP contribution < -0.4 is 11.2 Å². The predicted molar refractivity (Wildman–Crippen MR) is 71.0 cm³/mol. The van der Waals surface area contributed by atoms with Crippen LogP contribution in [0.4, 0.5) is 13.2 Å². The van der Waals surface area contributed by atoms with Gasteiger partial charge in [-0.25, -0.2) is 4.68 Å². The van der Waals surface area contributed by atoms with Crippen molar-refractivity contribution in [2.24, 2.45) is 0 Å². The third-order valence-electron chi connectivity index (χ3n) is 2.59. The Bertz CT molecular complexity index is 641. The van der Waals surface area contributed by atoms with Gasteiger partial charge in [-0.05, 0) is 19.1 Å². The average molecular weight is 335 g/mol. The number of hydrogen-bond acceptors (Lipinski definition) is 6. The topological polar surface area (TPSA) is 99.0 Å². The number of rotatable bonds is 5. The van der Waals surface area contributed by atoms with Gasteiger partial charge < -0.3 is 15.6 Å². The first-order valence-electron chi connectivity index (χ1n) is 6.03. The molecule has 7 nitrogen and oxygen atoms in total. The molecular weight excluding hydrogens is 323 g/mol. The van der Waals surface area contributed by atoms with Crippen molar-refractivity contribution < 1.29 is 22.4 Å². The second kappa shape index (κ2) is 6.30. The van der Waals surface area contributed by atoms with Crippen LogP contribution in [-0.4, -0.2) is 26.0 Å². The smallest absolute Gasteiger partial charge is 0.453 e. The van der Waals surface area contributed by atoms with Crippen molar-refractivity contribution in [3.8, 4) is 0 Å². The zero-order valence-corrected chi connectivity index (χ0v) is 12.1. The summed E-state index contributed by atoms with van der Waals surface area (Å²) in [5.74, 6) is 4.14. The molecule has 0 aliphatic rings. The van der Waals surface area contributed by atoms with Gasteiger partial charge in [0.05, 0.1) is 18.1 Å². The number of nitrogen functional groups attached to an aromatic ring is 1. The van der Waals surface area contributed by atoms with E-state index in [9.17, 15) is 18.0 Å². The Labute approximate surface area is 127 Å². The molecule has 1 atom stereocenters. The number of carbonyl (C=O) groups excluding carboxylic acids is 1. The SMILES string of the molecule is C[C@@H](Sc1nnc(C(F)(F)F)n1N)C(=O)NCc1ccco1. The molecule has 0 aliphatic heterocycles. The highest BCUT2D eigenvalue weighted by Gasteiger charge is 2.38. The molecule has 2 heterocycles. The first-order valence-corrected chi connectivity index (χ1v) is 6.91. The lowest BCUT2D eigenvalue weighted by Crippen LogP contribution is -2.31. The Morgan fingerprint density at radius 3 is 2.82 bits per heavy atom. The van der Waals surface area contributed by atoms with Crippen LogP contribution in [0.2, 0.25) is 0 Å². The summed E-state index contributed by atoms with van der Waals surface area (Å²) in [5, 5.41) is 8.01. The number of hydrogen-bond donors (Lipinski definition) is 2. The van der Waals surface area contributed by atoms with Crippen LogP contribution >= 0.6 is 11.8 Å². The molecule has 0 radical (unpaired) electrons. The van der Waals surface area contributed by atoms with Crippen molar-refractivity contribution in [3.63, 3.8) is 0 Å². The summed E-state index contributed by atoms with van der Waals surface area (Å²) in [6.07, 6.45) is -3.24. The molecular formula is C11H12F3N5O2S. The van der Waals surface area contributed by atoms with Crippen LogP contribution in [0.25, 0.3) is 0 Å². The molecule has 2 aromatic rings. The first-order chi connectivity index (χ1) is 10.3. The third-order valence-corrected chi connectivity index (χ3v) is 3.64. The van der Waals surface area contributed by atoms with Crippen LogP contribution in [0.15, 0.2) is 28.0 Å². The quantitative estimate of drug-likeness (QED) is 0.633. The van der Waals surface area contributed by atoms with E-state index in [4.69, 9.17) is 10.3 Å². The fourth-order valence-corrected chi connectivity index (χ4v) is 2.29. The predicted octanol–water partition coefficient (Wildman–Crippen LogP) is 1.40. The third kappa shape index (κ3) is 3.72. The average Bonchev–Trinajstić information content (AvgIpc) is 3.06. The second-order valence-electron chi connectivity index (χ2n) is 4.23. The summed E-state index contributed by atoms with van der Waals surface area (Å²) in [7, 11) is 0. The number of nitrogens with two attached hydrogens (primary N) is 1. The van der Waals surface area contributed by atoms with Crippen LogP contribution in [0.5, 0.6) is 0 Å². The normalized spacial score (nSPS) is 13.1. The summed E-state index contributed by atoms with van der Waals surface area (Å²) in [4.78, 5) is 11.9. The molecule has 0 aliphatic carbocycles. The van der Waals surface area contributed by atoms with Gasteiger partial charge in [0.15, 0.2) is 0 Å². The number of halogens is 3. The number of aromatic nitrogens is 3. The maximum atomic E-state index is 12.5. The largest absolute Gasteiger partial charge is 0.467 e. The Hall–Kier alpha value is -2.17. The van der Waals surface area contributed by atoms with Crippen LogP contribution in [0.1, 0.15) is 18.5 Å². The summed E-state index contributed by atoms with van der Waals surface area (Å²) in [5.41, 5.74) is 0. The Kier molecular flexibility index (Phi) is 4.64. The standard InChI is InChI=1S/C11H12F3N5O2S/c1-6(8(20)16-5-7-3-2-4-21-7)22-10-18-17-9(19(10)15)11(12,13)14/h2-4,6H,5,15H2,1H3,(H,16,20)/t6-/m1/s1. The van der Waals surface area contributed by atoms with Gasteiger partial charge in [-0.3, -0.25) is 4.79 Å². The number of amides is 1. The van der Waals surface area contributed by atoms with Crippen LogP contribution in [-0.2, 0) is 17.5 Å². The van der Waals surface area contributed by atoms with Crippen LogP contribution in [0.3, 0.4) is 0 Å². The lowest BCUT2D eigenvalue weighted by atomic mass is 10.4. The van der Waals surface area contributed by atoms with Gasteiger partial charge >= 0.3 is 6.18 Å². The fourth-order valence-electron chi connectivity index (χ4n) is 1.49. The van der Waals surface area contributed by atoms with Crippen molar-refractivity contribution in [1.82, 2.24) is 20.2 Å². The summed E-state index contributed by atoms with van der Waals surface area (Å²) < 4.78 is 43.0. The number of nitrogens with one attached hydrogen (secondary N) is 1. The molecule has 2 aromatic heterocycles. The van der Waals surface area contributed by atoms with Gasteiger partial charge in [-0.2, -0.15) is 13.2 Å². The monoisotopic (exact) mass is 335 g/mol. The van der Waals surface area contributed by atoms with Gasteiger partial charge in [0, 0.05) is 0 Å². The molecule has 3 N–H and O–H groups in total. The van der Waals surface area contributed by atoms with Gasteiger partial charge in [-0.15, -0.1) is 10.2 Å². The highest BCUT2D eigenvalue weighted by Crippen LogP contribution is 2.30. The molecule has 0 saturated carbocycles. The van der Waals surface area contributed by atoms with E-state index in [1.807, 2.05) is 0 Å². The maximum Gasteiger partial charge on any atom is 0.453 e. The molecule has 0 unspecified atom stereocenters. The highest BCUT2D eigenvalue weighted by molar-refractivity contribution is 8.00. The molecule has 120 valence electrons. The van der Waals surface area contributed by atoms with Crippen molar-refractivity contribution >= 4 is 17.7 Å². The minimum Gasteiger partial charge on any atom is -0.467 e. The van der Waals surface area contributed by atoms with Crippen molar-refractivity contribution in [1.29, 1.82) is 0 Å². The zero-order chi connectivity index (χ0) is 16.3. The van der Waals surface area contributed by atoms with Gasteiger partial charge in [-0.1, -0.05) is 11.8 Å². The summed E-state index contributed by atoms with van der Waals surface area (Å²) in [6.45, 7) is 1.70. The van der Waals surface area contributed by atoms with E-state index in [-0.39, 0.29) is 11.7 Å². The molecule has 1 amide bonds. The Morgan fingerprint density at radius 2 is 2.27 bits per heavy atom. The van der Waals surface area contributed by atoms with E-state index in [2.05, 4.69) is 15.5 Å². The molecule has 0 spiro atoms. The number of nitrogens with zero attached hydrogens (tertiary/aromatic N) is 3.